The quantitative estimate of drug-likeness (QED) is 0.759. The standard InChI is InChI=1S/C17H20N2OS/c1-4-11-12-8-6-7-9-14(12)20-15(11)13-10-21-16(19-13)17(3,18)5-2/h6-10H,4-5,18H2,1-3H3. The van der Waals surface area contributed by atoms with Crippen molar-refractivity contribution in [1.29, 1.82) is 0 Å². The molecule has 2 N–H and O–H groups in total. The van der Waals surface area contributed by atoms with Crippen molar-refractivity contribution in [3.05, 3.63) is 40.2 Å². The van der Waals surface area contributed by atoms with Gasteiger partial charge in [0.2, 0.25) is 0 Å². The van der Waals surface area contributed by atoms with Crippen molar-refractivity contribution in [3.63, 3.8) is 0 Å². The molecule has 1 atom stereocenters. The van der Waals surface area contributed by atoms with E-state index in [-0.39, 0.29) is 5.54 Å². The first-order chi connectivity index (χ1) is 10.1. The van der Waals surface area contributed by atoms with Crippen LogP contribution in [0, 0.1) is 0 Å². The molecule has 21 heavy (non-hydrogen) atoms. The second-order valence-electron chi connectivity index (χ2n) is 5.57. The third-order valence-corrected chi connectivity index (χ3v) is 5.13. The second kappa shape index (κ2) is 5.28. The number of hydrogen-bond acceptors (Lipinski definition) is 4. The normalized spacial score (nSPS) is 14.5. The number of hydrogen-bond donors (Lipinski definition) is 1. The molecule has 1 unspecified atom stereocenters. The molecule has 0 aliphatic carbocycles. The number of para-hydroxylation sites is 1. The average molecular weight is 300 g/mol. The molecule has 0 saturated heterocycles. The maximum Gasteiger partial charge on any atom is 0.157 e. The van der Waals surface area contributed by atoms with E-state index in [0.717, 1.165) is 34.9 Å². The third-order valence-electron chi connectivity index (χ3n) is 4.01. The van der Waals surface area contributed by atoms with Gasteiger partial charge in [-0.05, 0) is 25.8 Å². The lowest BCUT2D eigenvalue weighted by molar-refractivity contribution is 0.473. The fraction of sp³-hybridized carbons (Fsp3) is 0.353. The van der Waals surface area contributed by atoms with Gasteiger partial charge in [-0.1, -0.05) is 32.0 Å². The van der Waals surface area contributed by atoms with Crippen LogP contribution < -0.4 is 5.73 Å². The number of rotatable bonds is 4. The van der Waals surface area contributed by atoms with Crippen molar-refractivity contribution < 1.29 is 4.42 Å². The maximum atomic E-state index is 6.29. The number of nitrogens with two attached hydrogens (primary N) is 1. The van der Waals surface area contributed by atoms with Gasteiger partial charge < -0.3 is 10.2 Å². The molecule has 3 rings (SSSR count). The molecule has 2 heterocycles. The van der Waals surface area contributed by atoms with Crippen molar-refractivity contribution in [1.82, 2.24) is 4.98 Å². The zero-order valence-electron chi connectivity index (χ0n) is 12.6. The van der Waals surface area contributed by atoms with E-state index in [0.29, 0.717) is 0 Å². The number of nitrogens with zero attached hydrogens (tertiary/aromatic N) is 1. The van der Waals surface area contributed by atoms with Crippen LogP contribution in [0.1, 0.15) is 37.8 Å². The lowest BCUT2D eigenvalue weighted by Gasteiger charge is -2.18. The molecule has 0 radical (unpaired) electrons. The zero-order valence-corrected chi connectivity index (χ0v) is 13.5. The minimum absolute atomic E-state index is 0.374. The van der Waals surface area contributed by atoms with Crippen LogP contribution in [-0.4, -0.2) is 4.98 Å². The Hall–Kier alpha value is -1.65. The molecule has 0 aliphatic rings. The Morgan fingerprint density at radius 1 is 1.29 bits per heavy atom. The van der Waals surface area contributed by atoms with Gasteiger partial charge in [-0.15, -0.1) is 11.3 Å². The van der Waals surface area contributed by atoms with Crippen molar-refractivity contribution in [3.8, 4) is 11.5 Å². The first-order valence-corrected chi connectivity index (χ1v) is 8.20. The highest BCUT2D eigenvalue weighted by atomic mass is 32.1. The van der Waals surface area contributed by atoms with Crippen LogP contribution in [0.25, 0.3) is 22.4 Å². The molecule has 0 saturated carbocycles. The highest BCUT2D eigenvalue weighted by Crippen LogP contribution is 2.36. The molecule has 0 bridgehead atoms. The topological polar surface area (TPSA) is 52.0 Å². The van der Waals surface area contributed by atoms with Gasteiger partial charge in [0, 0.05) is 16.3 Å². The summed E-state index contributed by atoms with van der Waals surface area (Å²) < 4.78 is 6.04. The number of fused-ring (bicyclic) bond motifs is 1. The van der Waals surface area contributed by atoms with Crippen molar-refractivity contribution >= 4 is 22.3 Å². The van der Waals surface area contributed by atoms with Crippen molar-refractivity contribution in [2.24, 2.45) is 5.73 Å². The van der Waals surface area contributed by atoms with Gasteiger partial charge in [0.25, 0.3) is 0 Å². The summed E-state index contributed by atoms with van der Waals surface area (Å²) >= 11 is 1.61. The fourth-order valence-electron chi connectivity index (χ4n) is 2.45. The first-order valence-electron chi connectivity index (χ1n) is 7.32. The predicted octanol–water partition coefficient (Wildman–Crippen LogP) is 4.70. The smallest absolute Gasteiger partial charge is 0.157 e. The molecule has 3 nitrogen and oxygen atoms in total. The van der Waals surface area contributed by atoms with Gasteiger partial charge in [0.05, 0.1) is 5.54 Å². The summed E-state index contributed by atoms with van der Waals surface area (Å²) in [5, 5.41) is 4.19. The van der Waals surface area contributed by atoms with E-state index in [4.69, 9.17) is 15.1 Å². The van der Waals surface area contributed by atoms with E-state index >= 15 is 0 Å². The molecular weight excluding hydrogens is 280 g/mol. The summed E-state index contributed by atoms with van der Waals surface area (Å²) in [6.45, 7) is 6.25. The van der Waals surface area contributed by atoms with E-state index < -0.39 is 0 Å². The highest BCUT2D eigenvalue weighted by molar-refractivity contribution is 7.10. The summed E-state index contributed by atoms with van der Waals surface area (Å²) in [7, 11) is 0. The molecule has 0 aliphatic heterocycles. The summed E-state index contributed by atoms with van der Waals surface area (Å²) in [5.41, 5.74) is 8.96. The van der Waals surface area contributed by atoms with E-state index in [9.17, 15) is 0 Å². The Labute approximate surface area is 128 Å². The van der Waals surface area contributed by atoms with E-state index in [1.54, 1.807) is 11.3 Å². The van der Waals surface area contributed by atoms with Gasteiger partial charge in [-0.2, -0.15) is 0 Å². The number of thiazole rings is 1. The molecule has 0 spiro atoms. The maximum absolute atomic E-state index is 6.29. The molecule has 110 valence electrons. The minimum Gasteiger partial charge on any atom is -0.454 e. The summed E-state index contributed by atoms with van der Waals surface area (Å²) in [6, 6.07) is 8.15. The summed E-state index contributed by atoms with van der Waals surface area (Å²) in [6.07, 6.45) is 1.79. The minimum atomic E-state index is -0.374. The molecule has 2 aromatic heterocycles. The van der Waals surface area contributed by atoms with Gasteiger partial charge in [0.15, 0.2) is 5.76 Å². The van der Waals surface area contributed by atoms with Gasteiger partial charge in [-0.25, -0.2) is 4.98 Å². The van der Waals surface area contributed by atoms with Crippen molar-refractivity contribution in [2.75, 3.05) is 0 Å². The van der Waals surface area contributed by atoms with Crippen LogP contribution in [0.15, 0.2) is 34.1 Å². The fourth-order valence-corrected chi connectivity index (χ4v) is 3.40. The number of furan rings is 1. The van der Waals surface area contributed by atoms with Crippen LogP contribution >= 0.6 is 11.3 Å². The lowest BCUT2D eigenvalue weighted by Crippen LogP contribution is -2.31. The van der Waals surface area contributed by atoms with E-state index in [1.165, 1.54) is 10.9 Å². The number of benzene rings is 1. The Bertz CT molecular complexity index is 770. The number of aryl methyl sites for hydroxylation is 1. The van der Waals surface area contributed by atoms with E-state index in [1.807, 2.05) is 30.5 Å². The van der Waals surface area contributed by atoms with Crippen molar-refractivity contribution in [2.45, 2.75) is 39.2 Å². The Morgan fingerprint density at radius 2 is 2.05 bits per heavy atom. The average Bonchev–Trinajstić information content (AvgIpc) is 3.11. The molecule has 4 heteroatoms. The first kappa shape index (κ1) is 14.3. The number of aromatic nitrogens is 1. The Kier molecular flexibility index (Phi) is 3.59. The molecule has 0 fully saturated rings. The summed E-state index contributed by atoms with van der Waals surface area (Å²) in [4.78, 5) is 4.73. The third kappa shape index (κ3) is 2.39. The SMILES string of the molecule is CCc1c(-c2csc(C(C)(N)CC)n2)oc2ccccc12. The van der Waals surface area contributed by atoms with Crippen LogP contribution in [0.5, 0.6) is 0 Å². The molecular formula is C17H20N2OS. The second-order valence-corrected chi connectivity index (χ2v) is 6.43. The van der Waals surface area contributed by atoms with Crippen LogP contribution in [0.4, 0.5) is 0 Å². The summed E-state index contributed by atoms with van der Waals surface area (Å²) in [5.74, 6) is 0.883. The van der Waals surface area contributed by atoms with Crippen LogP contribution in [0.3, 0.4) is 0 Å². The Morgan fingerprint density at radius 3 is 2.76 bits per heavy atom. The lowest BCUT2D eigenvalue weighted by atomic mass is 10.0. The van der Waals surface area contributed by atoms with Crippen LogP contribution in [-0.2, 0) is 12.0 Å². The van der Waals surface area contributed by atoms with Gasteiger partial charge in [-0.3, -0.25) is 0 Å². The molecule has 3 aromatic rings. The Balaban J connectivity index is 2.13. The zero-order chi connectivity index (χ0) is 15.0. The van der Waals surface area contributed by atoms with Crippen LogP contribution in [0.2, 0.25) is 0 Å². The van der Waals surface area contributed by atoms with Gasteiger partial charge >= 0.3 is 0 Å². The largest absolute Gasteiger partial charge is 0.454 e. The molecule has 1 aromatic carbocycles. The van der Waals surface area contributed by atoms with Gasteiger partial charge in [0.1, 0.15) is 16.3 Å². The van der Waals surface area contributed by atoms with E-state index in [2.05, 4.69) is 19.9 Å². The predicted molar refractivity (Wildman–Crippen MR) is 88.5 cm³/mol. The monoisotopic (exact) mass is 300 g/mol. The molecule has 0 amide bonds. The highest BCUT2D eigenvalue weighted by Gasteiger charge is 2.24.